The molecule has 3 nitrogen and oxygen atoms in total. The number of fused-ring (bicyclic) bond motifs is 1. The van der Waals surface area contributed by atoms with E-state index in [1.165, 1.54) is 21.1 Å². The Hall–Kier alpha value is -1.24. The van der Waals surface area contributed by atoms with Crippen LogP contribution in [0, 0.1) is 11.7 Å². The summed E-state index contributed by atoms with van der Waals surface area (Å²) in [7, 11) is 0. The average molecular weight is 322 g/mol. The highest BCUT2D eigenvalue weighted by Crippen LogP contribution is 2.22. The van der Waals surface area contributed by atoms with Crippen LogP contribution >= 0.6 is 34.9 Å². The molecule has 0 aliphatic heterocycles. The van der Waals surface area contributed by atoms with Crippen LogP contribution in [0.25, 0.3) is 10.2 Å². The highest BCUT2D eigenvalue weighted by Gasteiger charge is 2.13. The Bertz CT molecular complexity index is 868. The number of aromatic nitrogens is 2. The van der Waals surface area contributed by atoms with Crippen LogP contribution in [-0.2, 0) is 6.42 Å². The molecule has 0 fully saturated rings. The van der Waals surface area contributed by atoms with Crippen LogP contribution < -0.4 is 5.56 Å². The van der Waals surface area contributed by atoms with Crippen LogP contribution in [0.5, 0.6) is 0 Å². The topological polar surface area (TPSA) is 37.8 Å². The summed E-state index contributed by atoms with van der Waals surface area (Å²) in [5.74, 6) is 0. The molecule has 104 valence electrons. The molecular weight excluding hydrogens is 308 g/mol. The normalized spacial score (nSPS) is 12.9. The van der Waals surface area contributed by atoms with Crippen molar-refractivity contribution in [1.29, 1.82) is 0 Å². The maximum atomic E-state index is 12.5. The number of rotatable bonds is 3. The lowest BCUT2D eigenvalue weighted by Crippen LogP contribution is -2.25. The summed E-state index contributed by atoms with van der Waals surface area (Å²) >= 11 is 8.63. The highest BCUT2D eigenvalue weighted by atomic mass is 32.1. The molecule has 1 N–H and O–H groups in total. The van der Waals surface area contributed by atoms with Crippen LogP contribution in [0.4, 0.5) is 0 Å². The summed E-state index contributed by atoms with van der Waals surface area (Å²) < 4.78 is 2.20. The van der Waals surface area contributed by atoms with Crippen molar-refractivity contribution in [3.05, 3.63) is 48.5 Å². The van der Waals surface area contributed by atoms with E-state index in [9.17, 15) is 4.79 Å². The van der Waals surface area contributed by atoms with Crippen molar-refractivity contribution in [3.8, 4) is 0 Å². The van der Waals surface area contributed by atoms with Crippen LogP contribution in [0.15, 0.2) is 28.4 Å². The molecule has 0 bridgehead atoms. The van der Waals surface area contributed by atoms with Crippen molar-refractivity contribution in [3.63, 3.8) is 0 Å². The standard InChI is InChI=1S/C14H14N2OS3/c1-8(7-10-4-3-9(2)20-10)16-13(17)11-5-6-19-12(11)15-14(16)18/h3-6,8H,7H2,1-2H3,(H,15,18). The third-order valence-corrected chi connectivity index (χ3v) is 5.44. The fraction of sp³-hybridized carbons (Fsp3) is 0.286. The molecule has 1 unspecified atom stereocenters. The Morgan fingerprint density at radius 2 is 2.20 bits per heavy atom. The Kier molecular flexibility index (Phi) is 3.62. The van der Waals surface area contributed by atoms with E-state index in [-0.39, 0.29) is 11.6 Å². The van der Waals surface area contributed by atoms with Gasteiger partial charge in [-0.3, -0.25) is 9.36 Å². The van der Waals surface area contributed by atoms with Crippen LogP contribution in [0.2, 0.25) is 0 Å². The summed E-state index contributed by atoms with van der Waals surface area (Å²) in [5.41, 5.74) is 0.00535. The van der Waals surface area contributed by atoms with Gasteiger partial charge in [0.15, 0.2) is 4.77 Å². The minimum absolute atomic E-state index is 0.00535. The number of aromatic amines is 1. The number of hydrogen-bond donors (Lipinski definition) is 1. The maximum absolute atomic E-state index is 12.5. The molecule has 3 aromatic heterocycles. The maximum Gasteiger partial charge on any atom is 0.263 e. The molecule has 0 aliphatic carbocycles. The highest BCUT2D eigenvalue weighted by molar-refractivity contribution is 7.71. The monoisotopic (exact) mass is 322 g/mol. The zero-order valence-corrected chi connectivity index (χ0v) is 13.6. The molecule has 3 rings (SSSR count). The Morgan fingerprint density at radius 3 is 2.90 bits per heavy atom. The van der Waals surface area contributed by atoms with Gasteiger partial charge in [-0.05, 0) is 49.6 Å². The summed E-state index contributed by atoms with van der Waals surface area (Å²) in [6.45, 7) is 4.13. The molecule has 0 aliphatic rings. The van der Waals surface area contributed by atoms with E-state index in [1.807, 2.05) is 18.4 Å². The number of nitrogens with zero attached hydrogens (tertiary/aromatic N) is 1. The molecule has 3 aromatic rings. The van der Waals surface area contributed by atoms with E-state index in [4.69, 9.17) is 12.2 Å². The lowest BCUT2D eigenvalue weighted by molar-refractivity contribution is 0.520. The zero-order valence-electron chi connectivity index (χ0n) is 11.2. The van der Waals surface area contributed by atoms with Gasteiger partial charge in [0.25, 0.3) is 5.56 Å². The van der Waals surface area contributed by atoms with E-state index in [2.05, 4.69) is 24.0 Å². The lowest BCUT2D eigenvalue weighted by Gasteiger charge is -2.14. The molecule has 0 amide bonds. The second kappa shape index (κ2) is 5.27. The van der Waals surface area contributed by atoms with E-state index in [1.54, 1.807) is 15.9 Å². The van der Waals surface area contributed by atoms with Crippen molar-refractivity contribution in [1.82, 2.24) is 9.55 Å². The first-order chi connectivity index (χ1) is 9.56. The molecular formula is C14H14N2OS3. The third kappa shape index (κ3) is 2.39. The predicted molar refractivity (Wildman–Crippen MR) is 88.7 cm³/mol. The Balaban J connectivity index is 2.05. The number of hydrogen-bond acceptors (Lipinski definition) is 4. The predicted octanol–water partition coefficient (Wildman–Crippen LogP) is 4.29. The van der Waals surface area contributed by atoms with Crippen molar-refractivity contribution in [2.45, 2.75) is 26.3 Å². The molecule has 0 spiro atoms. The van der Waals surface area contributed by atoms with Gasteiger partial charge < -0.3 is 4.98 Å². The Morgan fingerprint density at radius 1 is 1.40 bits per heavy atom. The molecule has 6 heteroatoms. The van der Waals surface area contributed by atoms with Crippen molar-refractivity contribution < 1.29 is 0 Å². The van der Waals surface area contributed by atoms with Crippen molar-refractivity contribution in [2.75, 3.05) is 0 Å². The minimum Gasteiger partial charge on any atom is -0.323 e. The van der Waals surface area contributed by atoms with Crippen molar-refractivity contribution >= 4 is 45.1 Å². The number of thiophene rings is 2. The van der Waals surface area contributed by atoms with E-state index in [0.717, 1.165) is 16.6 Å². The third-order valence-electron chi connectivity index (χ3n) is 3.29. The summed E-state index contributed by atoms with van der Waals surface area (Å²) in [6, 6.07) is 6.13. The van der Waals surface area contributed by atoms with E-state index < -0.39 is 0 Å². The largest absolute Gasteiger partial charge is 0.323 e. The quantitative estimate of drug-likeness (QED) is 0.730. The molecule has 1 atom stereocenters. The van der Waals surface area contributed by atoms with Gasteiger partial charge >= 0.3 is 0 Å². The van der Waals surface area contributed by atoms with Gasteiger partial charge in [0.2, 0.25) is 0 Å². The average Bonchev–Trinajstić information content (AvgIpc) is 2.98. The molecule has 0 saturated carbocycles. The SMILES string of the molecule is Cc1ccc(CC(C)n2c(=S)[nH]c3sccc3c2=O)s1. The molecule has 0 aromatic carbocycles. The lowest BCUT2D eigenvalue weighted by atomic mass is 10.2. The summed E-state index contributed by atoms with van der Waals surface area (Å²) in [5, 5.41) is 2.63. The second-order valence-electron chi connectivity index (χ2n) is 4.83. The molecule has 0 saturated heterocycles. The molecule has 3 heterocycles. The summed E-state index contributed by atoms with van der Waals surface area (Å²) in [4.78, 5) is 19.1. The van der Waals surface area contributed by atoms with Gasteiger partial charge in [0.1, 0.15) is 4.83 Å². The number of H-pyrrole nitrogens is 1. The van der Waals surface area contributed by atoms with Gasteiger partial charge in [-0.15, -0.1) is 22.7 Å². The van der Waals surface area contributed by atoms with E-state index >= 15 is 0 Å². The van der Waals surface area contributed by atoms with Crippen LogP contribution in [0.1, 0.15) is 22.7 Å². The molecule has 0 radical (unpaired) electrons. The first-order valence-corrected chi connectivity index (χ1v) is 8.44. The van der Waals surface area contributed by atoms with E-state index in [0.29, 0.717) is 4.77 Å². The fourth-order valence-electron chi connectivity index (χ4n) is 2.33. The van der Waals surface area contributed by atoms with Gasteiger partial charge in [0, 0.05) is 22.2 Å². The fourth-order valence-corrected chi connectivity index (χ4v) is 4.55. The van der Waals surface area contributed by atoms with Crippen LogP contribution in [-0.4, -0.2) is 9.55 Å². The first kappa shape index (κ1) is 13.7. The zero-order chi connectivity index (χ0) is 14.3. The van der Waals surface area contributed by atoms with Gasteiger partial charge in [-0.25, -0.2) is 0 Å². The molecule has 20 heavy (non-hydrogen) atoms. The van der Waals surface area contributed by atoms with Gasteiger partial charge in [0.05, 0.1) is 5.39 Å². The van der Waals surface area contributed by atoms with Gasteiger partial charge in [-0.1, -0.05) is 0 Å². The second-order valence-corrected chi connectivity index (χ2v) is 7.51. The Labute approximate surface area is 129 Å². The smallest absolute Gasteiger partial charge is 0.263 e. The number of aryl methyl sites for hydroxylation is 1. The number of nitrogens with one attached hydrogen (secondary N) is 1. The first-order valence-electron chi connectivity index (χ1n) is 6.33. The minimum atomic E-state index is 0.00535. The summed E-state index contributed by atoms with van der Waals surface area (Å²) in [6.07, 6.45) is 0.825. The van der Waals surface area contributed by atoms with Gasteiger partial charge in [-0.2, -0.15) is 0 Å². The van der Waals surface area contributed by atoms with Crippen molar-refractivity contribution in [2.24, 2.45) is 0 Å². The van der Waals surface area contributed by atoms with Crippen LogP contribution in [0.3, 0.4) is 0 Å².